The minimum atomic E-state index is -3.10. The van der Waals surface area contributed by atoms with E-state index in [9.17, 15) is 23.1 Å². The van der Waals surface area contributed by atoms with E-state index in [1.54, 1.807) is 18.2 Å². The van der Waals surface area contributed by atoms with Crippen molar-refractivity contribution in [3.8, 4) is 0 Å². The molecule has 0 amide bonds. The molecule has 0 aromatic rings. The topological polar surface area (TPSA) is 116 Å². The highest BCUT2D eigenvalue weighted by Crippen LogP contribution is 2.78. The molecule has 54 heavy (non-hydrogen) atoms. The van der Waals surface area contributed by atoms with E-state index in [-0.39, 0.29) is 40.2 Å². The number of hydrogen-bond donors (Lipinski definition) is 2. The highest BCUT2D eigenvalue weighted by Gasteiger charge is 2.71. The number of carbonyl (C=O) groups excluding carboxylic acids is 1. The molecule has 6 aliphatic rings. The van der Waals surface area contributed by atoms with Crippen molar-refractivity contribution < 1.29 is 27.9 Å². The molecule has 0 spiro atoms. The standard InChI is InChI=1S/C44H75N3O6S/c1-30(2)31-13-18-44(21-22-45-23-24-46-25-27-47(28-26-46)54(10,51)52)20-19-42(8)32(37(31)44)11-12-34-41(7)16-15-35(53-36(48)29-39(3,4)38(49)50)40(5,6)33(41)14-17-43(34,42)9/h31-35,37,45H,1,11-29H2,2-10H3,(H,49,50)/t31-,32+,33-,34+,35-,37+,41-,42+,43+,44+/m0/s1. The molecule has 0 aromatic heterocycles. The number of aliphatic carboxylic acids is 1. The van der Waals surface area contributed by atoms with Crippen molar-refractivity contribution in [2.75, 3.05) is 52.1 Å². The van der Waals surface area contributed by atoms with Crippen LogP contribution < -0.4 is 5.32 Å². The zero-order chi connectivity index (χ0) is 39.7. The fraction of sp³-hybridized carbons (Fsp3) is 0.909. The van der Waals surface area contributed by atoms with Gasteiger partial charge in [-0.05, 0) is 149 Å². The highest BCUT2D eigenvalue weighted by atomic mass is 32.2. The third-order valence-corrected chi connectivity index (χ3v) is 19.1. The molecular formula is C44H75N3O6S. The second-order valence-electron chi connectivity index (χ2n) is 21.3. The maximum atomic E-state index is 13.1. The summed E-state index contributed by atoms with van der Waals surface area (Å²) in [5, 5.41) is 13.5. The van der Waals surface area contributed by atoms with E-state index >= 15 is 0 Å². The van der Waals surface area contributed by atoms with Crippen molar-refractivity contribution in [1.82, 2.24) is 14.5 Å². The van der Waals surface area contributed by atoms with Crippen molar-refractivity contribution >= 4 is 22.0 Å². The number of sulfonamides is 1. The number of allylic oxidation sites excluding steroid dienone is 1. The third-order valence-electron chi connectivity index (χ3n) is 17.8. The summed E-state index contributed by atoms with van der Waals surface area (Å²) in [5.74, 6) is 1.72. The van der Waals surface area contributed by atoms with Crippen molar-refractivity contribution in [2.45, 2.75) is 139 Å². The van der Waals surface area contributed by atoms with Gasteiger partial charge in [0.1, 0.15) is 6.10 Å². The SMILES string of the molecule is C=C(C)[C@@H]1CC[C@]2(CCNCCN3CCN(S(C)(=O)=O)CC3)CC[C@]3(C)[C@H](CC[C@@H]4[C@@]5(C)CC[C@H](OC(=O)CC(C)(C)C(=O)O)C(C)(C)[C@@H]5CC[C@]43C)[C@@H]12. The Morgan fingerprint density at radius 1 is 0.870 bits per heavy atom. The Bertz CT molecular complexity index is 1550. The van der Waals surface area contributed by atoms with Gasteiger partial charge in [0.25, 0.3) is 0 Å². The number of rotatable bonds is 12. The lowest BCUT2D eigenvalue weighted by atomic mass is 9.32. The van der Waals surface area contributed by atoms with Gasteiger partial charge in [-0.25, -0.2) is 8.42 Å². The molecule has 10 atom stereocenters. The van der Waals surface area contributed by atoms with Crippen LogP contribution in [0.25, 0.3) is 0 Å². The first-order chi connectivity index (χ1) is 25.0. The van der Waals surface area contributed by atoms with Crippen LogP contribution in [-0.4, -0.2) is 92.8 Å². The van der Waals surface area contributed by atoms with Crippen LogP contribution in [0.2, 0.25) is 0 Å². The maximum absolute atomic E-state index is 13.1. The fourth-order valence-electron chi connectivity index (χ4n) is 14.5. The second kappa shape index (κ2) is 14.7. The van der Waals surface area contributed by atoms with Crippen LogP contribution in [0, 0.1) is 62.1 Å². The number of carboxylic acids is 1. The summed E-state index contributed by atoms with van der Waals surface area (Å²) < 4.78 is 31.7. The normalized spacial score (nSPS) is 41.2. The molecule has 308 valence electrons. The zero-order valence-electron chi connectivity index (χ0n) is 35.4. The molecule has 0 radical (unpaired) electrons. The minimum Gasteiger partial charge on any atom is -0.481 e. The number of nitrogens with zero attached hydrogens (tertiary/aromatic N) is 2. The molecular weight excluding hydrogens is 699 g/mol. The van der Waals surface area contributed by atoms with Crippen LogP contribution in [0.4, 0.5) is 0 Å². The van der Waals surface area contributed by atoms with E-state index < -0.39 is 21.4 Å². The average Bonchev–Trinajstić information content (AvgIpc) is 3.46. The van der Waals surface area contributed by atoms with Gasteiger partial charge in [0.15, 0.2) is 0 Å². The Balaban J connectivity index is 1.13. The molecule has 6 fully saturated rings. The number of piperazine rings is 1. The van der Waals surface area contributed by atoms with Gasteiger partial charge in [0.05, 0.1) is 18.1 Å². The first kappa shape index (κ1) is 42.1. The lowest BCUT2D eigenvalue weighted by Crippen LogP contribution is -2.66. The van der Waals surface area contributed by atoms with E-state index in [0.717, 1.165) is 52.0 Å². The van der Waals surface area contributed by atoms with E-state index in [2.05, 4.69) is 58.3 Å². The van der Waals surface area contributed by atoms with Crippen LogP contribution in [0.15, 0.2) is 12.2 Å². The number of esters is 1. The predicted molar refractivity (Wildman–Crippen MR) is 215 cm³/mol. The predicted octanol–water partition coefficient (Wildman–Crippen LogP) is 7.61. The molecule has 9 nitrogen and oxygen atoms in total. The Labute approximate surface area is 328 Å². The van der Waals surface area contributed by atoms with Crippen LogP contribution in [0.5, 0.6) is 0 Å². The minimum absolute atomic E-state index is 0.103. The first-order valence-corrected chi connectivity index (χ1v) is 23.3. The molecule has 0 unspecified atom stereocenters. The number of carbonyl (C=O) groups is 2. The van der Waals surface area contributed by atoms with E-state index in [4.69, 9.17) is 4.74 Å². The van der Waals surface area contributed by atoms with Gasteiger partial charge in [0.2, 0.25) is 10.0 Å². The average molecular weight is 774 g/mol. The Morgan fingerprint density at radius 2 is 1.56 bits per heavy atom. The summed E-state index contributed by atoms with van der Waals surface area (Å²) >= 11 is 0. The molecule has 6 rings (SSSR count). The first-order valence-electron chi connectivity index (χ1n) is 21.5. The molecule has 0 bridgehead atoms. The molecule has 1 saturated heterocycles. The summed E-state index contributed by atoms with van der Waals surface area (Å²) in [6, 6.07) is 0. The molecule has 10 heteroatoms. The van der Waals surface area contributed by atoms with Crippen LogP contribution in [0.3, 0.4) is 0 Å². The van der Waals surface area contributed by atoms with Gasteiger partial charge in [-0.1, -0.05) is 46.8 Å². The highest BCUT2D eigenvalue weighted by molar-refractivity contribution is 7.88. The molecule has 5 saturated carbocycles. The van der Waals surface area contributed by atoms with Gasteiger partial charge in [-0.3, -0.25) is 14.5 Å². The summed E-state index contributed by atoms with van der Waals surface area (Å²) in [6.07, 6.45) is 14.3. The van der Waals surface area contributed by atoms with Crippen molar-refractivity contribution in [1.29, 1.82) is 0 Å². The molecule has 0 aromatic carbocycles. The maximum Gasteiger partial charge on any atom is 0.309 e. The number of carboxylic acid groups (broad SMARTS) is 1. The monoisotopic (exact) mass is 774 g/mol. The molecule has 2 N–H and O–H groups in total. The van der Waals surface area contributed by atoms with Crippen LogP contribution >= 0.6 is 0 Å². The number of ether oxygens (including phenoxy) is 1. The Morgan fingerprint density at radius 3 is 2.19 bits per heavy atom. The Hall–Kier alpha value is -1.49. The second-order valence-corrected chi connectivity index (χ2v) is 23.2. The molecule has 5 aliphatic carbocycles. The third kappa shape index (κ3) is 7.16. The number of hydrogen-bond acceptors (Lipinski definition) is 7. The summed E-state index contributed by atoms with van der Waals surface area (Å²) in [5.41, 5.74) is 1.13. The smallest absolute Gasteiger partial charge is 0.309 e. The van der Waals surface area contributed by atoms with Crippen molar-refractivity contribution in [2.24, 2.45) is 62.1 Å². The fourth-order valence-corrected chi connectivity index (χ4v) is 15.3. The van der Waals surface area contributed by atoms with Gasteiger partial charge in [-0.15, -0.1) is 0 Å². The molecule has 1 aliphatic heterocycles. The van der Waals surface area contributed by atoms with E-state index in [1.807, 2.05) is 0 Å². The van der Waals surface area contributed by atoms with Crippen molar-refractivity contribution in [3.05, 3.63) is 12.2 Å². The zero-order valence-corrected chi connectivity index (χ0v) is 36.2. The van der Waals surface area contributed by atoms with Crippen LogP contribution in [0.1, 0.15) is 132 Å². The number of nitrogens with one attached hydrogen (secondary N) is 1. The van der Waals surface area contributed by atoms with Gasteiger partial charge in [0, 0.05) is 44.7 Å². The van der Waals surface area contributed by atoms with Gasteiger partial charge >= 0.3 is 11.9 Å². The van der Waals surface area contributed by atoms with E-state index in [0.29, 0.717) is 48.1 Å². The van der Waals surface area contributed by atoms with Crippen molar-refractivity contribution in [3.63, 3.8) is 0 Å². The van der Waals surface area contributed by atoms with Crippen LogP contribution in [-0.2, 0) is 24.3 Å². The summed E-state index contributed by atoms with van der Waals surface area (Å²) in [6.45, 7) is 28.5. The summed E-state index contributed by atoms with van der Waals surface area (Å²) in [7, 11) is -3.10. The number of fused-ring (bicyclic) bond motifs is 7. The lowest BCUT2D eigenvalue weighted by Gasteiger charge is -2.73. The van der Waals surface area contributed by atoms with Gasteiger partial charge < -0.3 is 15.2 Å². The lowest BCUT2D eigenvalue weighted by molar-refractivity contribution is -0.250. The van der Waals surface area contributed by atoms with E-state index in [1.165, 1.54) is 63.2 Å². The largest absolute Gasteiger partial charge is 0.481 e. The summed E-state index contributed by atoms with van der Waals surface area (Å²) in [4.78, 5) is 27.3. The Kier molecular flexibility index (Phi) is 11.5. The van der Waals surface area contributed by atoms with Gasteiger partial charge in [-0.2, -0.15) is 4.31 Å². The quantitative estimate of drug-likeness (QED) is 0.118. The molecule has 1 heterocycles.